The third-order valence-corrected chi connectivity index (χ3v) is 1.17. The predicted molar refractivity (Wildman–Crippen MR) is 73.0 cm³/mol. The molecular formula is C16H6Co2N2O8. The van der Waals surface area contributed by atoms with E-state index >= 15 is 0 Å². The molecule has 0 aliphatic carbocycles. The van der Waals surface area contributed by atoms with Crippen molar-refractivity contribution in [3.8, 4) is 12.1 Å². The van der Waals surface area contributed by atoms with Crippen LogP contribution in [0.4, 0.5) is 0 Å². The van der Waals surface area contributed by atoms with Crippen molar-refractivity contribution in [1.82, 2.24) is 0 Å². The normalized spacial score (nSPS) is 3.50. The molecule has 0 spiro atoms. The molecule has 28 heavy (non-hydrogen) atoms. The molecule has 0 aliphatic rings. The van der Waals surface area contributed by atoms with Gasteiger partial charge < -0.3 is 9.59 Å². The summed E-state index contributed by atoms with van der Waals surface area (Å²) in [6, 6.07) is 10.6. The molecule has 0 saturated heterocycles. The summed E-state index contributed by atoms with van der Waals surface area (Å²) in [4.78, 5) is 15.5. The molecule has 146 valence electrons. The van der Waals surface area contributed by atoms with Gasteiger partial charge in [-0.3, -0.25) is 13.6 Å². The molecule has 0 aliphatic heterocycles. The van der Waals surface area contributed by atoms with Crippen LogP contribution in [0.5, 0.6) is 0 Å². The summed E-state index contributed by atoms with van der Waals surface area (Å²) in [5, 5.41) is 16.9. The second-order valence-corrected chi connectivity index (χ2v) is 1.77. The van der Waals surface area contributed by atoms with Gasteiger partial charge in [0.05, 0.1) is 11.1 Å². The Morgan fingerprint density at radius 2 is 0.750 bits per heavy atom. The van der Waals surface area contributed by atoms with Gasteiger partial charge in [0.25, 0.3) is 0 Å². The van der Waals surface area contributed by atoms with E-state index in [1.54, 1.807) is 24.3 Å². The van der Waals surface area contributed by atoms with Crippen LogP contribution in [0.25, 0.3) is 0 Å². The Morgan fingerprint density at radius 3 is 0.857 bits per heavy atom. The van der Waals surface area contributed by atoms with Gasteiger partial charge in [-0.2, -0.15) is 10.5 Å². The topological polar surface area (TPSA) is 201 Å². The molecule has 1 aromatic rings. The van der Waals surface area contributed by atoms with E-state index in [0.717, 1.165) is 0 Å². The maximum Gasteiger partial charge on any atom is 2.00 e. The van der Waals surface area contributed by atoms with Crippen molar-refractivity contribution >= 4 is 13.6 Å². The maximum absolute atomic E-state index is 8.45. The Balaban J connectivity index is -0.0000000194. The Labute approximate surface area is 182 Å². The Bertz CT molecular complexity index is 515. The fraction of sp³-hybridized carbons (Fsp3) is 0. The second-order valence-electron chi connectivity index (χ2n) is 1.77. The van der Waals surface area contributed by atoms with E-state index in [1.807, 2.05) is 12.1 Å². The average molecular weight is 472 g/mol. The van der Waals surface area contributed by atoms with Gasteiger partial charge in [0.2, 0.25) is 0 Å². The molecule has 12 heteroatoms. The number of benzene rings is 1. The van der Waals surface area contributed by atoms with E-state index < -0.39 is 0 Å². The zero-order chi connectivity index (χ0) is 23.4. The first-order valence-electron chi connectivity index (χ1n) is 4.47. The van der Waals surface area contributed by atoms with Crippen molar-refractivity contribution < 1.29 is 71.1 Å². The largest absolute Gasteiger partial charge is 2.00 e. The number of rotatable bonds is 0. The van der Waals surface area contributed by atoms with E-state index in [9.17, 15) is 0 Å². The minimum Gasteiger partial charge on any atom is -0.545 e. The first kappa shape index (κ1) is 64.0. The quantitative estimate of drug-likeness (QED) is 0.303. The third-order valence-electron chi connectivity index (χ3n) is 1.17. The van der Waals surface area contributed by atoms with Crippen LogP contribution in [-0.4, -0.2) is 13.6 Å². The van der Waals surface area contributed by atoms with Crippen molar-refractivity contribution in [2.75, 3.05) is 0 Å². The van der Waals surface area contributed by atoms with Gasteiger partial charge in [-0.15, -0.1) is 0 Å². The van der Waals surface area contributed by atoms with Crippen molar-refractivity contribution in [3.63, 3.8) is 0 Å². The molecule has 0 atom stereocenters. The first-order valence-corrected chi connectivity index (χ1v) is 4.47. The van der Waals surface area contributed by atoms with Gasteiger partial charge >= 0.3 is 84.6 Å². The van der Waals surface area contributed by atoms with Crippen molar-refractivity contribution in [1.29, 1.82) is 10.5 Å². The number of hydrogen-bond donors (Lipinski definition) is 0. The smallest absolute Gasteiger partial charge is 0.545 e. The van der Waals surface area contributed by atoms with Crippen molar-refractivity contribution in [2.45, 2.75) is 0 Å². The van der Waals surface area contributed by atoms with Crippen LogP contribution in [0, 0.1) is 62.6 Å². The monoisotopic (exact) mass is 472 g/mol. The summed E-state index contributed by atoms with van der Waals surface area (Å²) in [7, 11) is 0. The molecule has 1 rings (SSSR count). The van der Waals surface area contributed by atoms with Gasteiger partial charge in [-0.25, -0.2) is 0 Å². The molecular weight excluding hydrogens is 466 g/mol. The van der Waals surface area contributed by atoms with E-state index in [-0.39, 0.29) is 33.6 Å². The van der Waals surface area contributed by atoms with Gasteiger partial charge in [0.1, 0.15) is 12.1 Å². The summed E-state index contributed by atoms with van der Waals surface area (Å²) in [6.45, 7) is 33.5. The number of nitriles is 2. The van der Waals surface area contributed by atoms with Crippen molar-refractivity contribution in [3.05, 3.63) is 75.3 Å². The summed E-state index contributed by atoms with van der Waals surface area (Å²) >= 11 is 0. The zero-order valence-electron chi connectivity index (χ0n) is 13.3. The SMILES string of the molecule is N#Cc1ccccc1C#N.[C-]#[O+].[C-]#[O+].[C-]#[O+].[C-]#[O+].[C-]#[O+].[C-]#[O+].[CH-]=O.[CH-]=O.[Co+2].[Co]. The van der Waals surface area contributed by atoms with Gasteiger partial charge in [-0.1, -0.05) is 12.1 Å². The summed E-state index contributed by atoms with van der Waals surface area (Å²) in [6.07, 6.45) is 0. The fourth-order valence-electron chi connectivity index (χ4n) is 0.678. The van der Waals surface area contributed by atoms with E-state index in [1.165, 1.54) is 0 Å². The van der Waals surface area contributed by atoms with Crippen LogP contribution < -0.4 is 0 Å². The molecule has 0 unspecified atom stereocenters. The molecule has 0 bridgehead atoms. The Hall–Kier alpha value is -3.01. The van der Waals surface area contributed by atoms with Gasteiger partial charge in [0, 0.05) is 16.8 Å². The fourth-order valence-corrected chi connectivity index (χ4v) is 0.678. The van der Waals surface area contributed by atoms with Crippen LogP contribution >= 0.6 is 0 Å². The molecule has 0 saturated carbocycles. The van der Waals surface area contributed by atoms with Crippen molar-refractivity contribution in [2.24, 2.45) is 0 Å². The second kappa shape index (κ2) is 157. The van der Waals surface area contributed by atoms with Crippen LogP contribution in [-0.2, 0) is 71.1 Å². The van der Waals surface area contributed by atoms with E-state index in [4.69, 9.17) is 48.0 Å². The Kier molecular flexibility index (Phi) is 359. The molecule has 0 fully saturated rings. The molecule has 0 heterocycles. The molecule has 0 aromatic heterocycles. The predicted octanol–water partition coefficient (Wildman–Crippen LogP) is 0.652. The third kappa shape index (κ3) is 77.3. The zero-order valence-corrected chi connectivity index (χ0v) is 15.4. The number of nitrogens with zero attached hydrogens (tertiary/aromatic N) is 2. The molecule has 0 N–H and O–H groups in total. The average Bonchev–Trinajstić information content (AvgIpc) is 2.84. The van der Waals surface area contributed by atoms with E-state index in [0.29, 0.717) is 11.1 Å². The summed E-state index contributed by atoms with van der Waals surface area (Å²) < 4.78 is 45.0. The maximum atomic E-state index is 8.45. The molecule has 1 aromatic carbocycles. The van der Waals surface area contributed by atoms with Crippen LogP contribution in [0.15, 0.2) is 24.3 Å². The van der Waals surface area contributed by atoms with Gasteiger partial charge in [-0.05, 0) is 12.1 Å². The standard InChI is InChI=1S/C8H4N2.2CHO.6CO.2Co/c9-5-7-3-1-2-4-8(7)6-10;8*1-2;;/h1-4H;2*1H;;;;;;;;/q;2*-1;;;;;;;;+2. The van der Waals surface area contributed by atoms with Crippen LogP contribution in [0.2, 0.25) is 0 Å². The molecule has 10 nitrogen and oxygen atoms in total. The minimum absolute atomic E-state index is 0. The number of carbonyl (C=O) groups excluding carboxylic acids is 2. The van der Waals surface area contributed by atoms with E-state index in [2.05, 4.69) is 53.5 Å². The summed E-state index contributed by atoms with van der Waals surface area (Å²) in [5.74, 6) is 0. The minimum atomic E-state index is 0. The first-order chi connectivity index (χ1) is 12.9. The summed E-state index contributed by atoms with van der Waals surface area (Å²) in [5.41, 5.74) is 0.870. The molecule has 2 radical (unpaired) electrons. The van der Waals surface area contributed by atoms with Crippen LogP contribution in [0.1, 0.15) is 11.1 Å². The number of hydrogen-bond acceptors (Lipinski definition) is 4. The van der Waals surface area contributed by atoms with Gasteiger partial charge in [0.15, 0.2) is 0 Å². The molecule has 0 amide bonds. The Morgan fingerprint density at radius 1 is 0.607 bits per heavy atom. The van der Waals surface area contributed by atoms with Crippen LogP contribution in [0.3, 0.4) is 0 Å².